The van der Waals surface area contributed by atoms with Crippen molar-refractivity contribution in [1.82, 2.24) is 19.3 Å². The van der Waals surface area contributed by atoms with Gasteiger partial charge in [-0.2, -0.15) is 5.10 Å². The van der Waals surface area contributed by atoms with Crippen molar-refractivity contribution in [3.63, 3.8) is 0 Å². The smallest absolute Gasteiger partial charge is 0.105 e. The lowest BCUT2D eigenvalue weighted by Gasteiger charge is -2.09. The van der Waals surface area contributed by atoms with Crippen molar-refractivity contribution in [2.45, 2.75) is 26.4 Å². The molecule has 2 aromatic rings. The van der Waals surface area contributed by atoms with E-state index in [9.17, 15) is 0 Å². The summed E-state index contributed by atoms with van der Waals surface area (Å²) < 4.78 is 4.06. The van der Waals surface area contributed by atoms with Gasteiger partial charge in [-0.15, -0.1) is 0 Å². The maximum Gasteiger partial charge on any atom is 0.105 e. The van der Waals surface area contributed by atoms with Gasteiger partial charge < -0.3 is 10.3 Å². The molecule has 0 spiro atoms. The molecule has 5 nitrogen and oxygen atoms in total. The van der Waals surface area contributed by atoms with E-state index in [0.717, 1.165) is 24.5 Å². The highest BCUT2D eigenvalue weighted by Crippen LogP contribution is 2.07. The Balaban J connectivity index is 2.10. The highest BCUT2D eigenvalue weighted by Gasteiger charge is 2.06. The van der Waals surface area contributed by atoms with Crippen molar-refractivity contribution in [2.75, 3.05) is 0 Å². The molecule has 0 unspecified atom stereocenters. The van der Waals surface area contributed by atoms with Gasteiger partial charge in [-0.1, -0.05) is 0 Å². The molecule has 2 heterocycles. The van der Waals surface area contributed by atoms with Crippen LogP contribution in [0.1, 0.15) is 17.2 Å². The number of rotatable bonds is 4. The van der Waals surface area contributed by atoms with Crippen molar-refractivity contribution in [3.8, 4) is 0 Å². The number of nitrogens with zero attached hydrogens (tertiary/aromatic N) is 4. The van der Waals surface area contributed by atoms with Crippen LogP contribution >= 0.6 is 0 Å². The predicted molar refractivity (Wildman–Crippen MR) is 61.8 cm³/mol. The van der Waals surface area contributed by atoms with Gasteiger partial charge in [0.05, 0.1) is 5.69 Å². The Hall–Kier alpha value is -1.62. The van der Waals surface area contributed by atoms with Crippen LogP contribution in [-0.4, -0.2) is 19.3 Å². The van der Waals surface area contributed by atoms with Gasteiger partial charge in [-0.3, -0.25) is 4.68 Å². The molecule has 0 aliphatic rings. The molecule has 2 rings (SSSR count). The van der Waals surface area contributed by atoms with E-state index in [-0.39, 0.29) is 0 Å². The molecule has 0 saturated heterocycles. The monoisotopic (exact) mass is 219 g/mol. The molecule has 5 heteroatoms. The summed E-state index contributed by atoms with van der Waals surface area (Å²) in [6.45, 7) is 3.44. The molecule has 0 atom stereocenters. The fraction of sp³-hybridized carbons (Fsp3) is 0.455. The van der Waals surface area contributed by atoms with Crippen LogP contribution in [0.5, 0.6) is 0 Å². The van der Waals surface area contributed by atoms with Crippen LogP contribution < -0.4 is 5.73 Å². The minimum absolute atomic E-state index is 0.534. The first-order valence-electron chi connectivity index (χ1n) is 5.40. The van der Waals surface area contributed by atoms with Crippen LogP contribution in [0.2, 0.25) is 0 Å². The first-order chi connectivity index (χ1) is 7.72. The lowest BCUT2D eigenvalue weighted by molar-refractivity contribution is 0.606. The molecule has 0 saturated carbocycles. The Kier molecular flexibility index (Phi) is 3.05. The Morgan fingerprint density at radius 2 is 2.19 bits per heavy atom. The molecule has 0 aliphatic carbocycles. The minimum atomic E-state index is 0.534. The van der Waals surface area contributed by atoms with Gasteiger partial charge in [-0.05, 0) is 13.0 Å². The third-order valence-corrected chi connectivity index (χ3v) is 2.86. The summed E-state index contributed by atoms with van der Waals surface area (Å²) in [6.07, 6.45) is 4.61. The average molecular weight is 219 g/mol. The van der Waals surface area contributed by atoms with E-state index in [1.807, 2.05) is 37.1 Å². The second-order valence-corrected chi connectivity index (χ2v) is 3.85. The Labute approximate surface area is 94.9 Å². The summed E-state index contributed by atoms with van der Waals surface area (Å²) in [6, 6.07) is 2.04. The maximum atomic E-state index is 5.66. The van der Waals surface area contributed by atoms with E-state index >= 15 is 0 Å². The van der Waals surface area contributed by atoms with Crippen LogP contribution in [0, 0.1) is 6.92 Å². The van der Waals surface area contributed by atoms with E-state index < -0.39 is 0 Å². The molecular formula is C11H17N5. The Bertz CT molecular complexity index is 468. The molecule has 0 aromatic carbocycles. The van der Waals surface area contributed by atoms with Gasteiger partial charge in [0.2, 0.25) is 0 Å². The number of aryl methyl sites for hydroxylation is 3. The zero-order valence-corrected chi connectivity index (χ0v) is 9.72. The SMILES string of the molecule is Cc1ncc(CN)n1CCc1ccnn1C. The number of hydrogen-bond acceptors (Lipinski definition) is 3. The molecule has 2 aromatic heterocycles. The van der Waals surface area contributed by atoms with Gasteiger partial charge in [-0.25, -0.2) is 4.98 Å². The summed E-state index contributed by atoms with van der Waals surface area (Å²) in [5.41, 5.74) is 7.97. The largest absolute Gasteiger partial charge is 0.331 e. The molecule has 0 bridgehead atoms. The summed E-state index contributed by atoms with van der Waals surface area (Å²) in [5, 5.41) is 4.15. The van der Waals surface area contributed by atoms with Crippen LogP contribution in [0.15, 0.2) is 18.5 Å². The van der Waals surface area contributed by atoms with E-state index in [1.165, 1.54) is 5.69 Å². The zero-order chi connectivity index (χ0) is 11.5. The van der Waals surface area contributed by atoms with Crippen LogP contribution in [0.3, 0.4) is 0 Å². The fourth-order valence-corrected chi connectivity index (χ4v) is 1.86. The lowest BCUT2D eigenvalue weighted by atomic mass is 10.3. The highest BCUT2D eigenvalue weighted by molar-refractivity contribution is 5.06. The fourth-order valence-electron chi connectivity index (χ4n) is 1.86. The van der Waals surface area contributed by atoms with Crippen molar-refractivity contribution >= 4 is 0 Å². The first kappa shape index (κ1) is 10.9. The zero-order valence-electron chi connectivity index (χ0n) is 9.72. The number of imidazole rings is 1. The van der Waals surface area contributed by atoms with E-state index in [4.69, 9.17) is 5.73 Å². The second-order valence-electron chi connectivity index (χ2n) is 3.85. The van der Waals surface area contributed by atoms with Crippen molar-refractivity contribution in [2.24, 2.45) is 12.8 Å². The molecule has 0 fully saturated rings. The van der Waals surface area contributed by atoms with Crippen LogP contribution in [-0.2, 0) is 26.6 Å². The maximum absolute atomic E-state index is 5.66. The molecule has 0 amide bonds. The van der Waals surface area contributed by atoms with Gasteiger partial charge in [0.15, 0.2) is 0 Å². The number of aromatic nitrogens is 4. The molecule has 86 valence electrons. The third kappa shape index (κ3) is 1.99. The van der Waals surface area contributed by atoms with E-state index in [1.54, 1.807) is 0 Å². The van der Waals surface area contributed by atoms with Crippen molar-refractivity contribution in [3.05, 3.63) is 35.7 Å². The number of hydrogen-bond donors (Lipinski definition) is 1. The highest BCUT2D eigenvalue weighted by atomic mass is 15.3. The van der Waals surface area contributed by atoms with Gasteiger partial charge >= 0.3 is 0 Å². The van der Waals surface area contributed by atoms with Gasteiger partial charge in [0.1, 0.15) is 5.82 Å². The van der Waals surface area contributed by atoms with Gasteiger partial charge in [0.25, 0.3) is 0 Å². The summed E-state index contributed by atoms with van der Waals surface area (Å²) in [7, 11) is 1.96. The summed E-state index contributed by atoms with van der Waals surface area (Å²) in [5.74, 6) is 1.02. The quantitative estimate of drug-likeness (QED) is 0.820. The number of nitrogens with two attached hydrogens (primary N) is 1. The molecule has 0 radical (unpaired) electrons. The normalized spacial score (nSPS) is 10.9. The standard InChI is InChI=1S/C11H17N5/c1-9-13-8-11(7-12)16(9)6-4-10-3-5-14-15(10)2/h3,5,8H,4,6-7,12H2,1-2H3. The lowest BCUT2D eigenvalue weighted by Crippen LogP contribution is -2.12. The summed E-state index contributed by atoms with van der Waals surface area (Å²) in [4.78, 5) is 4.27. The molecular weight excluding hydrogens is 202 g/mol. The molecule has 16 heavy (non-hydrogen) atoms. The third-order valence-electron chi connectivity index (χ3n) is 2.86. The Morgan fingerprint density at radius 3 is 2.81 bits per heavy atom. The average Bonchev–Trinajstić information content (AvgIpc) is 2.82. The predicted octanol–water partition coefficient (Wildman–Crippen LogP) is 0.626. The second kappa shape index (κ2) is 4.49. The van der Waals surface area contributed by atoms with Crippen LogP contribution in [0.4, 0.5) is 0 Å². The van der Waals surface area contributed by atoms with E-state index in [2.05, 4.69) is 14.6 Å². The van der Waals surface area contributed by atoms with Crippen molar-refractivity contribution < 1.29 is 0 Å². The first-order valence-corrected chi connectivity index (χ1v) is 5.40. The topological polar surface area (TPSA) is 61.7 Å². The molecule has 0 aliphatic heterocycles. The molecule has 2 N–H and O–H groups in total. The van der Waals surface area contributed by atoms with E-state index in [0.29, 0.717) is 6.54 Å². The van der Waals surface area contributed by atoms with Gasteiger partial charge in [0, 0.05) is 44.6 Å². The van der Waals surface area contributed by atoms with Crippen molar-refractivity contribution in [1.29, 1.82) is 0 Å². The minimum Gasteiger partial charge on any atom is -0.331 e. The van der Waals surface area contributed by atoms with Crippen LogP contribution in [0.25, 0.3) is 0 Å². The summed E-state index contributed by atoms with van der Waals surface area (Å²) >= 11 is 0. The Morgan fingerprint density at radius 1 is 1.38 bits per heavy atom.